The van der Waals surface area contributed by atoms with Crippen LogP contribution >= 0.6 is 0 Å². The zero-order valence-corrected chi connectivity index (χ0v) is 18.9. The fourth-order valence-corrected chi connectivity index (χ4v) is 4.36. The van der Waals surface area contributed by atoms with E-state index in [1.54, 1.807) is 43.4 Å². The van der Waals surface area contributed by atoms with E-state index in [1.165, 1.54) is 0 Å². The van der Waals surface area contributed by atoms with Crippen molar-refractivity contribution >= 4 is 11.8 Å². The van der Waals surface area contributed by atoms with E-state index in [0.29, 0.717) is 30.9 Å². The van der Waals surface area contributed by atoms with Crippen LogP contribution in [-0.2, 0) is 11.3 Å². The molecule has 1 aliphatic rings. The summed E-state index contributed by atoms with van der Waals surface area (Å²) in [5.41, 5.74) is 2.54. The molecule has 1 N–H and O–H groups in total. The van der Waals surface area contributed by atoms with Gasteiger partial charge in [0.25, 0.3) is 5.91 Å². The minimum atomic E-state index is -0.382. The van der Waals surface area contributed by atoms with Gasteiger partial charge in [-0.1, -0.05) is 48.5 Å². The Balaban J connectivity index is 1.57. The number of hydrogen-bond donors (Lipinski definition) is 1. The summed E-state index contributed by atoms with van der Waals surface area (Å²) in [5, 5.41) is 3.06. The smallest absolute Gasteiger partial charge is 0.253 e. The van der Waals surface area contributed by atoms with E-state index in [1.807, 2.05) is 54.6 Å². The molecule has 3 aromatic rings. The number of carbonyl (C=O) groups is 2. The average molecular weight is 445 g/mol. The van der Waals surface area contributed by atoms with E-state index in [2.05, 4.69) is 5.32 Å². The van der Waals surface area contributed by atoms with Gasteiger partial charge in [-0.3, -0.25) is 9.59 Å². The number of likely N-dealkylation sites (tertiary alicyclic amines) is 1. The quantitative estimate of drug-likeness (QED) is 0.601. The maximum Gasteiger partial charge on any atom is 0.253 e. The maximum absolute atomic E-state index is 13.3. The van der Waals surface area contributed by atoms with Crippen molar-refractivity contribution in [2.75, 3.05) is 27.3 Å². The average Bonchev–Trinajstić information content (AvgIpc) is 3.33. The predicted octanol–water partition coefficient (Wildman–Crippen LogP) is 3.88. The Kier molecular flexibility index (Phi) is 6.93. The lowest BCUT2D eigenvalue weighted by Gasteiger charge is -2.20. The first-order valence-electron chi connectivity index (χ1n) is 11.0. The molecule has 0 aliphatic carbocycles. The van der Waals surface area contributed by atoms with Crippen molar-refractivity contribution in [3.8, 4) is 11.5 Å². The van der Waals surface area contributed by atoms with Crippen LogP contribution in [0.3, 0.4) is 0 Å². The number of rotatable bonds is 7. The molecule has 4 rings (SSSR count). The number of ether oxygens (including phenoxy) is 2. The number of hydrogen-bond acceptors (Lipinski definition) is 4. The number of methoxy groups -OCH3 is 2. The van der Waals surface area contributed by atoms with Gasteiger partial charge in [-0.25, -0.2) is 0 Å². The first kappa shape index (κ1) is 22.4. The number of benzene rings is 3. The first-order valence-corrected chi connectivity index (χ1v) is 11.0. The number of nitrogens with zero attached hydrogens (tertiary/aromatic N) is 1. The summed E-state index contributed by atoms with van der Waals surface area (Å²) in [6, 6.07) is 24.5. The van der Waals surface area contributed by atoms with Crippen LogP contribution in [0, 0.1) is 5.92 Å². The number of para-hydroxylation sites is 1. The Hall–Kier alpha value is -3.80. The van der Waals surface area contributed by atoms with Crippen molar-refractivity contribution in [2.45, 2.75) is 12.5 Å². The zero-order chi connectivity index (χ0) is 23.2. The second kappa shape index (κ2) is 10.2. The maximum atomic E-state index is 13.3. The van der Waals surface area contributed by atoms with Crippen LogP contribution in [0.25, 0.3) is 0 Å². The predicted molar refractivity (Wildman–Crippen MR) is 126 cm³/mol. The van der Waals surface area contributed by atoms with E-state index in [4.69, 9.17) is 9.47 Å². The zero-order valence-electron chi connectivity index (χ0n) is 18.9. The van der Waals surface area contributed by atoms with Gasteiger partial charge in [0, 0.05) is 31.1 Å². The van der Waals surface area contributed by atoms with E-state index in [0.717, 1.165) is 16.9 Å². The molecule has 0 radical (unpaired) electrons. The summed E-state index contributed by atoms with van der Waals surface area (Å²) in [7, 11) is 3.21. The third-order valence-electron chi connectivity index (χ3n) is 6.13. The highest BCUT2D eigenvalue weighted by Gasteiger charge is 2.41. The molecule has 1 fully saturated rings. The largest absolute Gasteiger partial charge is 0.497 e. The fraction of sp³-hybridized carbons (Fsp3) is 0.259. The van der Waals surface area contributed by atoms with Crippen LogP contribution in [0.5, 0.6) is 11.5 Å². The van der Waals surface area contributed by atoms with Gasteiger partial charge in [-0.05, 0) is 41.5 Å². The molecule has 1 heterocycles. The summed E-state index contributed by atoms with van der Waals surface area (Å²) in [5.74, 6) is 0.696. The first-order chi connectivity index (χ1) is 16.1. The Morgan fingerprint density at radius 1 is 0.879 bits per heavy atom. The van der Waals surface area contributed by atoms with Crippen LogP contribution in [-0.4, -0.2) is 44.0 Å². The molecular weight excluding hydrogens is 416 g/mol. The SMILES string of the molecule is COc1ccc(C(=O)N2C[C@H](C(=O)NCc3ccccc3)[C@@H](c3ccccc3OC)C2)cc1. The minimum Gasteiger partial charge on any atom is -0.497 e. The summed E-state index contributed by atoms with van der Waals surface area (Å²) in [4.78, 5) is 28.3. The molecule has 2 atom stereocenters. The number of amides is 2. The molecule has 0 aromatic heterocycles. The number of nitrogens with one attached hydrogen (secondary N) is 1. The Morgan fingerprint density at radius 2 is 1.58 bits per heavy atom. The van der Waals surface area contributed by atoms with Gasteiger partial charge in [-0.2, -0.15) is 0 Å². The van der Waals surface area contributed by atoms with Crippen molar-refractivity contribution in [3.05, 3.63) is 95.6 Å². The van der Waals surface area contributed by atoms with E-state index in [-0.39, 0.29) is 23.7 Å². The molecule has 1 saturated heterocycles. The molecule has 170 valence electrons. The van der Waals surface area contributed by atoms with Gasteiger partial charge in [0.2, 0.25) is 5.91 Å². The van der Waals surface area contributed by atoms with E-state index >= 15 is 0 Å². The normalized spacial score (nSPS) is 17.5. The van der Waals surface area contributed by atoms with E-state index in [9.17, 15) is 9.59 Å². The monoisotopic (exact) mass is 444 g/mol. The molecule has 0 unspecified atom stereocenters. The van der Waals surface area contributed by atoms with Crippen LogP contribution in [0.2, 0.25) is 0 Å². The molecule has 0 bridgehead atoms. The fourth-order valence-electron chi connectivity index (χ4n) is 4.36. The highest BCUT2D eigenvalue weighted by molar-refractivity contribution is 5.95. The topological polar surface area (TPSA) is 67.9 Å². The summed E-state index contributed by atoms with van der Waals surface area (Å²) >= 11 is 0. The summed E-state index contributed by atoms with van der Waals surface area (Å²) in [6.45, 7) is 1.23. The third-order valence-corrected chi connectivity index (χ3v) is 6.13. The lowest BCUT2D eigenvalue weighted by atomic mass is 9.87. The van der Waals surface area contributed by atoms with Crippen molar-refractivity contribution in [1.29, 1.82) is 0 Å². The Morgan fingerprint density at radius 3 is 2.27 bits per heavy atom. The molecule has 6 nitrogen and oxygen atoms in total. The molecule has 2 amide bonds. The van der Waals surface area contributed by atoms with Crippen LogP contribution in [0.1, 0.15) is 27.4 Å². The van der Waals surface area contributed by atoms with Crippen molar-refractivity contribution < 1.29 is 19.1 Å². The second-order valence-electron chi connectivity index (χ2n) is 8.10. The molecule has 6 heteroatoms. The van der Waals surface area contributed by atoms with Crippen molar-refractivity contribution in [2.24, 2.45) is 5.92 Å². The van der Waals surface area contributed by atoms with Gasteiger partial charge < -0.3 is 19.7 Å². The van der Waals surface area contributed by atoms with Crippen LogP contribution < -0.4 is 14.8 Å². The molecule has 3 aromatic carbocycles. The van der Waals surface area contributed by atoms with E-state index < -0.39 is 0 Å². The summed E-state index contributed by atoms with van der Waals surface area (Å²) in [6.07, 6.45) is 0. The Labute approximate surface area is 194 Å². The van der Waals surface area contributed by atoms with Crippen molar-refractivity contribution in [3.63, 3.8) is 0 Å². The minimum absolute atomic E-state index is 0.0696. The number of carbonyl (C=O) groups excluding carboxylic acids is 2. The summed E-state index contributed by atoms with van der Waals surface area (Å²) < 4.78 is 10.8. The van der Waals surface area contributed by atoms with Crippen LogP contribution in [0.4, 0.5) is 0 Å². The molecular formula is C27H28N2O4. The Bertz CT molecular complexity index is 1100. The van der Waals surface area contributed by atoms with Gasteiger partial charge in [0.1, 0.15) is 11.5 Å². The molecule has 1 aliphatic heterocycles. The standard InChI is InChI=1S/C27H28N2O4/c1-32-21-14-12-20(13-15-21)27(31)29-17-23(22-10-6-7-11-25(22)33-2)24(18-29)26(30)28-16-19-8-4-3-5-9-19/h3-15,23-24H,16-18H2,1-2H3,(H,28,30)/t23-,24+/m1/s1. The van der Waals surface area contributed by atoms with Crippen LogP contribution in [0.15, 0.2) is 78.9 Å². The lowest BCUT2D eigenvalue weighted by molar-refractivity contribution is -0.125. The van der Waals surface area contributed by atoms with Gasteiger partial charge in [0.15, 0.2) is 0 Å². The lowest BCUT2D eigenvalue weighted by Crippen LogP contribution is -2.35. The van der Waals surface area contributed by atoms with Crippen molar-refractivity contribution in [1.82, 2.24) is 10.2 Å². The van der Waals surface area contributed by atoms with Gasteiger partial charge in [0.05, 0.1) is 20.1 Å². The highest BCUT2D eigenvalue weighted by atomic mass is 16.5. The van der Waals surface area contributed by atoms with Gasteiger partial charge >= 0.3 is 0 Å². The third kappa shape index (κ3) is 5.00. The highest BCUT2D eigenvalue weighted by Crippen LogP contribution is 2.38. The molecule has 0 spiro atoms. The molecule has 0 saturated carbocycles. The van der Waals surface area contributed by atoms with Gasteiger partial charge in [-0.15, -0.1) is 0 Å². The molecule has 33 heavy (non-hydrogen) atoms. The second-order valence-corrected chi connectivity index (χ2v) is 8.10.